The molecular weight excluding hydrogens is 318 g/mol. The van der Waals surface area contributed by atoms with Gasteiger partial charge in [-0.15, -0.1) is 0 Å². The first kappa shape index (κ1) is 18.0. The van der Waals surface area contributed by atoms with Crippen molar-refractivity contribution in [2.24, 2.45) is 5.73 Å². The van der Waals surface area contributed by atoms with E-state index in [9.17, 15) is 4.79 Å². The van der Waals surface area contributed by atoms with Gasteiger partial charge in [-0.2, -0.15) is 0 Å². The van der Waals surface area contributed by atoms with Crippen LogP contribution < -0.4 is 10.5 Å². The smallest absolute Gasteiger partial charge is 0.241 e. The Bertz CT molecular complexity index is 507. The molecule has 1 amide bonds. The summed E-state index contributed by atoms with van der Waals surface area (Å²) in [5.74, 6) is 0.660. The van der Waals surface area contributed by atoms with Gasteiger partial charge in [0.05, 0.1) is 11.6 Å². The number of amides is 1. The van der Waals surface area contributed by atoms with Crippen LogP contribution in [0.3, 0.4) is 0 Å². The molecule has 23 heavy (non-hydrogen) atoms. The molecule has 0 aliphatic carbocycles. The zero-order valence-corrected chi connectivity index (χ0v) is 14.2. The van der Waals surface area contributed by atoms with Gasteiger partial charge in [0.15, 0.2) is 0 Å². The number of para-hydroxylation sites is 1. The van der Waals surface area contributed by atoms with Gasteiger partial charge in [-0.1, -0.05) is 23.7 Å². The highest BCUT2D eigenvalue weighted by Gasteiger charge is 2.25. The number of hydrogen-bond donors (Lipinski definition) is 1. The molecule has 128 valence electrons. The van der Waals surface area contributed by atoms with Gasteiger partial charge in [0.1, 0.15) is 18.4 Å². The zero-order valence-electron chi connectivity index (χ0n) is 13.4. The minimum absolute atomic E-state index is 0.0428. The maximum atomic E-state index is 12.1. The third-order valence-electron chi connectivity index (χ3n) is 3.85. The first-order valence-electron chi connectivity index (χ1n) is 7.75. The van der Waals surface area contributed by atoms with Crippen molar-refractivity contribution in [1.29, 1.82) is 0 Å². The quantitative estimate of drug-likeness (QED) is 0.796. The Kier molecular flexibility index (Phi) is 7.11. The van der Waals surface area contributed by atoms with Gasteiger partial charge >= 0.3 is 0 Å². The molecule has 1 fully saturated rings. The number of piperazine rings is 1. The lowest BCUT2D eigenvalue weighted by molar-refractivity contribution is -0.135. The zero-order chi connectivity index (χ0) is 16.7. The highest BCUT2D eigenvalue weighted by Crippen LogP contribution is 2.22. The number of carbonyl (C=O) groups is 1. The predicted octanol–water partition coefficient (Wildman–Crippen LogP) is 0.837. The highest BCUT2D eigenvalue weighted by molar-refractivity contribution is 6.32. The van der Waals surface area contributed by atoms with Crippen LogP contribution in [-0.4, -0.2) is 74.8 Å². The van der Waals surface area contributed by atoms with E-state index in [0.29, 0.717) is 30.5 Å². The summed E-state index contributed by atoms with van der Waals surface area (Å²) in [5, 5.41) is 0.620. The Hall–Kier alpha value is -1.34. The van der Waals surface area contributed by atoms with Crippen molar-refractivity contribution in [3.8, 4) is 5.75 Å². The van der Waals surface area contributed by atoms with E-state index in [1.54, 1.807) is 12.0 Å². The monoisotopic (exact) mass is 341 g/mol. The van der Waals surface area contributed by atoms with Gasteiger partial charge in [-0.3, -0.25) is 9.69 Å². The summed E-state index contributed by atoms with van der Waals surface area (Å²) < 4.78 is 10.6. The molecule has 0 saturated carbocycles. The number of rotatable bonds is 7. The van der Waals surface area contributed by atoms with Gasteiger partial charge in [0.2, 0.25) is 5.91 Å². The summed E-state index contributed by atoms with van der Waals surface area (Å²) in [4.78, 5) is 16.2. The molecule has 1 saturated heterocycles. The Balaban J connectivity index is 1.69. The van der Waals surface area contributed by atoms with Crippen LogP contribution in [0.1, 0.15) is 0 Å². The summed E-state index contributed by atoms with van der Waals surface area (Å²) in [6.45, 7) is 4.63. The second kappa shape index (κ2) is 9.08. The van der Waals surface area contributed by atoms with Crippen LogP contribution in [0.15, 0.2) is 24.3 Å². The molecule has 1 aromatic carbocycles. The molecule has 1 aliphatic heterocycles. The first-order chi connectivity index (χ1) is 11.1. The van der Waals surface area contributed by atoms with Crippen molar-refractivity contribution in [1.82, 2.24) is 9.80 Å². The number of hydrogen-bond acceptors (Lipinski definition) is 5. The summed E-state index contributed by atoms with van der Waals surface area (Å²) >= 11 is 6.05. The molecule has 2 rings (SSSR count). The number of halogens is 1. The van der Waals surface area contributed by atoms with E-state index in [2.05, 4.69) is 4.90 Å². The average Bonchev–Trinajstić information content (AvgIpc) is 2.57. The fraction of sp³-hybridized carbons (Fsp3) is 0.562. The molecule has 0 aromatic heterocycles. The Morgan fingerprint density at radius 1 is 1.30 bits per heavy atom. The third-order valence-corrected chi connectivity index (χ3v) is 4.16. The molecular formula is C16H24ClN3O3. The average molecular weight is 342 g/mol. The Labute approximate surface area is 142 Å². The largest absolute Gasteiger partial charge is 0.491 e. The van der Waals surface area contributed by atoms with Crippen LogP contribution in [0.4, 0.5) is 0 Å². The van der Waals surface area contributed by atoms with Crippen molar-refractivity contribution in [3.63, 3.8) is 0 Å². The maximum Gasteiger partial charge on any atom is 0.241 e. The van der Waals surface area contributed by atoms with Gasteiger partial charge in [0.25, 0.3) is 0 Å². The van der Waals surface area contributed by atoms with Crippen molar-refractivity contribution < 1.29 is 14.3 Å². The van der Waals surface area contributed by atoms with Gasteiger partial charge < -0.3 is 20.1 Å². The van der Waals surface area contributed by atoms with E-state index in [1.165, 1.54) is 0 Å². The minimum Gasteiger partial charge on any atom is -0.491 e. The van der Waals surface area contributed by atoms with Crippen molar-refractivity contribution >= 4 is 17.5 Å². The molecule has 1 aromatic rings. The summed E-state index contributed by atoms with van der Waals surface area (Å²) in [5.41, 5.74) is 5.79. The van der Waals surface area contributed by atoms with Crippen LogP contribution in [0.25, 0.3) is 0 Å². The standard InChI is InChI=1S/C16H24ClN3O3/c1-22-12-14(18)16(21)20-8-6-19(7-9-20)10-11-23-15-5-3-2-4-13(15)17/h2-5,14H,6-12,18H2,1H3. The molecule has 0 spiro atoms. The number of methoxy groups -OCH3 is 1. The topological polar surface area (TPSA) is 68.0 Å². The van der Waals surface area contributed by atoms with Gasteiger partial charge in [0, 0.05) is 39.8 Å². The number of benzene rings is 1. The lowest BCUT2D eigenvalue weighted by atomic mass is 10.2. The molecule has 2 N–H and O–H groups in total. The number of ether oxygens (including phenoxy) is 2. The number of nitrogens with two attached hydrogens (primary N) is 1. The molecule has 0 bridgehead atoms. The van der Waals surface area contributed by atoms with Crippen molar-refractivity contribution in [2.45, 2.75) is 6.04 Å². The summed E-state index contributed by atoms with van der Waals surface area (Å²) in [6, 6.07) is 6.87. The maximum absolute atomic E-state index is 12.1. The van der Waals surface area contributed by atoms with E-state index in [1.807, 2.05) is 24.3 Å². The van der Waals surface area contributed by atoms with Gasteiger partial charge in [-0.25, -0.2) is 0 Å². The summed E-state index contributed by atoms with van der Waals surface area (Å²) in [7, 11) is 1.55. The van der Waals surface area contributed by atoms with Crippen molar-refractivity contribution in [2.75, 3.05) is 53.0 Å². The molecule has 1 heterocycles. The Morgan fingerprint density at radius 2 is 2.00 bits per heavy atom. The van der Waals surface area contributed by atoms with Crippen LogP contribution in [0, 0.1) is 0 Å². The van der Waals surface area contributed by atoms with Crippen LogP contribution in [0.5, 0.6) is 5.75 Å². The normalized spacial score (nSPS) is 17.1. The lowest BCUT2D eigenvalue weighted by Gasteiger charge is -2.35. The fourth-order valence-corrected chi connectivity index (χ4v) is 2.71. The van der Waals surface area contributed by atoms with Crippen LogP contribution >= 0.6 is 11.6 Å². The summed E-state index contributed by atoms with van der Waals surface area (Å²) in [6.07, 6.45) is 0. The predicted molar refractivity (Wildman–Crippen MR) is 89.8 cm³/mol. The van der Waals surface area contributed by atoms with Gasteiger partial charge in [-0.05, 0) is 12.1 Å². The molecule has 1 atom stereocenters. The molecule has 1 unspecified atom stereocenters. The van der Waals surface area contributed by atoms with Crippen molar-refractivity contribution in [3.05, 3.63) is 29.3 Å². The van der Waals surface area contributed by atoms with E-state index in [0.717, 1.165) is 19.6 Å². The molecule has 7 heteroatoms. The van der Waals surface area contributed by atoms with E-state index >= 15 is 0 Å². The number of nitrogens with zero attached hydrogens (tertiary/aromatic N) is 2. The SMILES string of the molecule is COCC(N)C(=O)N1CCN(CCOc2ccccc2Cl)CC1. The van der Waals surface area contributed by atoms with Crippen LogP contribution in [0.2, 0.25) is 5.02 Å². The second-order valence-corrected chi connectivity index (χ2v) is 5.91. The first-order valence-corrected chi connectivity index (χ1v) is 8.12. The Morgan fingerprint density at radius 3 is 2.65 bits per heavy atom. The third kappa shape index (κ3) is 5.35. The van der Waals surface area contributed by atoms with E-state index in [-0.39, 0.29) is 12.5 Å². The molecule has 1 aliphatic rings. The lowest BCUT2D eigenvalue weighted by Crippen LogP contribution is -2.54. The fourth-order valence-electron chi connectivity index (χ4n) is 2.52. The van der Waals surface area contributed by atoms with E-state index < -0.39 is 6.04 Å². The highest BCUT2D eigenvalue weighted by atomic mass is 35.5. The molecule has 6 nitrogen and oxygen atoms in total. The van der Waals surface area contributed by atoms with E-state index in [4.69, 9.17) is 26.8 Å². The number of carbonyl (C=O) groups excluding carboxylic acids is 1. The molecule has 0 radical (unpaired) electrons. The van der Waals surface area contributed by atoms with Crippen LogP contribution in [-0.2, 0) is 9.53 Å². The second-order valence-electron chi connectivity index (χ2n) is 5.51. The minimum atomic E-state index is -0.574.